The van der Waals surface area contributed by atoms with E-state index in [0.717, 1.165) is 44.3 Å². The van der Waals surface area contributed by atoms with Crippen LogP contribution in [0, 0.1) is 0 Å². The van der Waals surface area contributed by atoms with Gasteiger partial charge in [-0.2, -0.15) is 29.3 Å². The van der Waals surface area contributed by atoms with Crippen molar-refractivity contribution in [3.63, 3.8) is 0 Å². The molecule has 0 saturated carbocycles. The van der Waals surface area contributed by atoms with Gasteiger partial charge in [-0.1, -0.05) is 72.8 Å². The molecule has 12 aromatic rings. The number of carbonyl (C=O) groups excluding carboxylic acids is 6. The highest BCUT2D eigenvalue weighted by molar-refractivity contribution is 6.58. The predicted molar refractivity (Wildman–Crippen MR) is 382 cm³/mol. The van der Waals surface area contributed by atoms with Crippen LogP contribution in [0.3, 0.4) is 0 Å². The predicted octanol–water partition coefficient (Wildman–Crippen LogP) is 14.0. The van der Waals surface area contributed by atoms with Crippen LogP contribution in [0.2, 0.25) is 5.28 Å². The Bertz CT molecular complexity index is 4760. The summed E-state index contributed by atoms with van der Waals surface area (Å²) in [4.78, 5) is 96.3. The number of carbonyl (C=O) groups is 6. The molecule has 0 aliphatic carbocycles. The van der Waals surface area contributed by atoms with Gasteiger partial charge >= 0.3 is 25.4 Å². The zero-order valence-corrected chi connectivity index (χ0v) is 57.5. The van der Waals surface area contributed by atoms with Crippen LogP contribution in [0.5, 0.6) is 0 Å². The van der Waals surface area contributed by atoms with Gasteiger partial charge in [0.25, 0.3) is 0 Å². The molecule has 28 heteroatoms. The first-order valence-corrected chi connectivity index (χ1v) is 31.5. The molecule has 26 nitrogen and oxygen atoms in total. The second kappa shape index (κ2) is 31.1. The molecule has 0 amide bonds. The van der Waals surface area contributed by atoms with Crippen molar-refractivity contribution in [2.75, 3.05) is 16.0 Å². The lowest BCUT2D eigenvalue weighted by Crippen LogP contribution is -2.29. The maximum Gasteiger partial charge on any atom is 0.488 e. The van der Waals surface area contributed by atoms with Crippen LogP contribution in [0.1, 0.15) is 114 Å². The standard InChI is InChI=1S/2C24H23N5O3.C16H16ClN5O2.C8H9BO3/c2*1-15(30)16-5-7-17(8-6-16)22-25-12-11-21(28-22)27-19-9-10-20-18(13-19)14-26-29(20)23(31)32-24(2,3)4;1-16(2,3)24-15(23)22-12-5-4-11(8-10(12)9-19-22)20-13-6-7-18-14(17)21-13;1-6(10)7-2-4-8(5-3-7)9(11)12/h2*5-14H,1-4H3,(H,25,27,28);4-9H,1-3H3,(H,18,20,21);2-5,11-12H,1H3. The van der Waals surface area contributed by atoms with Gasteiger partial charge in [0, 0.05) is 79.6 Å². The topological polar surface area (TPSA) is 337 Å². The quantitative estimate of drug-likeness (QED) is 0.0328. The number of nitrogens with zero attached hydrogens (tertiary/aromatic N) is 12. The van der Waals surface area contributed by atoms with Gasteiger partial charge in [0.2, 0.25) is 5.28 Å². The minimum Gasteiger partial charge on any atom is -0.442 e. The van der Waals surface area contributed by atoms with Crippen molar-refractivity contribution >= 4 is 127 Å². The molecule has 0 fully saturated rings. The monoisotopic (exact) mass is 1370 g/mol. The van der Waals surface area contributed by atoms with Crippen molar-refractivity contribution < 1.29 is 53.0 Å². The first-order valence-electron chi connectivity index (χ1n) is 31.1. The van der Waals surface area contributed by atoms with E-state index in [1.807, 2.05) is 123 Å². The number of anilines is 6. The largest absolute Gasteiger partial charge is 0.488 e. The zero-order valence-electron chi connectivity index (χ0n) is 56.7. The molecule has 0 unspecified atom stereocenters. The fourth-order valence-electron chi connectivity index (χ4n) is 9.27. The van der Waals surface area contributed by atoms with Crippen molar-refractivity contribution in [1.82, 2.24) is 59.2 Å². The van der Waals surface area contributed by atoms with E-state index in [1.54, 1.807) is 110 Å². The number of ketones is 3. The van der Waals surface area contributed by atoms with Crippen molar-refractivity contribution in [3.05, 3.63) is 205 Å². The Balaban J connectivity index is 0.000000163. The lowest BCUT2D eigenvalue weighted by Gasteiger charge is -2.19. The van der Waals surface area contributed by atoms with Crippen molar-refractivity contribution in [2.24, 2.45) is 0 Å². The zero-order chi connectivity index (χ0) is 72.2. The third kappa shape index (κ3) is 19.9. The van der Waals surface area contributed by atoms with Crippen molar-refractivity contribution in [2.45, 2.75) is 99.9 Å². The number of benzene rings is 6. The van der Waals surface area contributed by atoms with E-state index in [4.69, 9.17) is 35.9 Å². The molecule has 6 aromatic heterocycles. The maximum atomic E-state index is 12.4. The highest BCUT2D eigenvalue weighted by Gasteiger charge is 2.24. The van der Waals surface area contributed by atoms with Gasteiger partial charge < -0.3 is 40.2 Å². The minimum atomic E-state index is -1.47. The van der Waals surface area contributed by atoms with E-state index < -0.39 is 42.2 Å². The molecule has 0 spiro atoms. The fourth-order valence-corrected chi connectivity index (χ4v) is 9.41. The number of rotatable bonds is 12. The lowest BCUT2D eigenvalue weighted by atomic mass is 9.80. The van der Waals surface area contributed by atoms with Gasteiger partial charge in [-0.05, 0) is 173 Å². The molecule has 6 aromatic carbocycles. The SMILES string of the molecule is CC(=O)c1ccc(-c2nccc(Nc3ccc4c(cnn4C(=O)OC(C)(C)C)c3)n2)cc1.CC(=O)c1ccc(-c2nccc(Nc3ccc4c(cnn4C(=O)OC(C)(C)C)c3)n2)cc1.CC(=O)c1ccc(B(O)O)cc1.CC(C)(C)OC(=O)n1ncc2cc(Nc3ccnc(Cl)n3)ccc21. The van der Waals surface area contributed by atoms with E-state index in [-0.39, 0.29) is 22.6 Å². The van der Waals surface area contributed by atoms with Gasteiger partial charge in [-0.25, -0.2) is 44.3 Å². The average molecular weight is 1370 g/mol. The van der Waals surface area contributed by atoms with E-state index in [2.05, 4.69) is 61.2 Å². The number of hydrogen-bond acceptors (Lipinski definition) is 23. The Hall–Kier alpha value is -11.9. The second-order valence-electron chi connectivity index (χ2n) is 25.4. The van der Waals surface area contributed by atoms with Crippen molar-refractivity contribution in [1.29, 1.82) is 0 Å². The summed E-state index contributed by atoms with van der Waals surface area (Å²) in [6.07, 6.45) is 8.19. The van der Waals surface area contributed by atoms with Crippen LogP contribution in [0.15, 0.2) is 183 Å². The molecule has 0 aliphatic heterocycles. The maximum absolute atomic E-state index is 12.4. The molecule has 100 heavy (non-hydrogen) atoms. The van der Waals surface area contributed by atoms with Gasteiger partial charge in [0.1, 0.15) is 34.3 Å². The first kappa shape index (κ1) is 72.3. The number of halogens is 1. The molecule has 12 rings (SSSR count). The molecule has 510 valence electrons. The summed E-state index contributed by atoms with van der Waals surface area (Å²) in [6, 6.07) is 42.3. The second-order valence-corrected chi connectivity index (χ2v) is 25.7. The summed E-state index contributed by atoms with van der Waals surface area (Å²) < 4.78 is 19.9. The summed E-state index contributed by atoms with van der Waals surface area (Å²) in [5.74, 6) is 2.89. The molecule has 0 aliphatic rings. The average Bonchev–Trinajstić information content (AvgIpc) is 1.63. The Morgan fingerprint density at radius 3 is 1.00 bits per heavy atom. The molecule has 0 saturated heterocycles. The Kier molecular flexibility index (Phi) is 22.5. The highest BCUT2D eigenvalue weighted by atomic mass is 35.5. The van der Waals surface area contributed by atoms with Gasteiger partial charge in [0.15, 0.2) is 29.0 Å². The number of hydrogen-bond donors (Lipinski definition) is 5. The summed E-state index contributed by atoms with van der Waals surface area (Å²) >= 11 is 5.77. The Labute approximate surface area is 579 Å². The Morgan fingerprint density at radius 2 is 0.710 bits per heavy atom. The van der Waals surface area contributed by atoms with E-state index in [1.165, 1.54) is 46.9 Å². The smallest absolute Gasteiger partial charge is 0.442 e. The number of nitrogens with one attached hydrogen (secondary N) is 3. The molecule has 0 radical (unpaired) electrons. The third-order valence-corrected chi connectivity index (χ3v) is 14.1. The molecule has 0 atom stereocenters. The summed E-state index contributed by atoms with van der Waals surface area (Å²) in [7, 11) is -1.47. The molecule has 5 N–H and O–H groups in total. The van der Waals surface area contributed by atoms with Gasteiger partial charge in [0.05, 0.1) is 35.1 Å². The van der Waals surface area contributed by atoms with E-state index in [0.29, 0.717) is 67.8 Å². The van der Waals surface area contributed by atoms with Crippen molar-refractivity contribution in [3.8, 4) is 22.8 Å². The minimum absolute atomic E-state index is 0.0123. The number of Topliss-reactive ketones (excluding diaryl/α,β-unsaturated/α-hetero) is 3. The van der Waals surface area contributed by atoms with Crippen LogP contribution in [0.4, 0.5) is 48.9 Å². The summed E-state index contributed by atoms with van der Waals surface area (Å²) in [5, 5.41) is 42.1. The van der Waals surface area contributed by atoms with Crippen LogP contribution < -0.4 is 21.4 Å². The number of aromatic nitrogens is 12. The lowest BCUT2D eigenvalue weighted by molar-refractivity contribution is 0.0511. The third-order valence-electron chi connectivity index (χ3n) is 13.9. The van der Waals surface area contributed by atoms with Gasteiger partial charge in [-0.3, -0.25) is 14.4 Å². The Morgan fingerprint density at radius 1 is 0.410 bits per heavy atom. The fraction of sp³-hybridized carbons (Fsp3) is 0.208. The molecular formula is C72H71BClN15O11. The van der Waals surface area contributed by atoms with Crippen LogP contribution >= 0.6 is 11.6 Å². The number of fused-ring (bicyclic) bond motifs is 3. The molecule has 6 heterocycles. The van der Waals surface area contributed by atoms with E-state index >= 15 is 0 Å². The molecular weight excluding hydrogens is 1300 g/mol. The molecule has 0 bridgehead atoms. The normalized spacial score (nSPS) is 11.2. The number of ether oxygens (including phenoxy) is 3. The van der Waals surface area contributed by atoms with E-state index in [9.17, 15) is 28.8 Å². The summed E-state index contributed by atoms with van der Waals surface area (Å²) in [6.45, 7) is 20.8. The first-order chi connectivity index (χ1) is 47.3. The van der Waals surface area contributed by atoms with Crippen LogP contribution in [0.25, 0.3) is 55.5 Å². The van der Waals surface area contributed by atoms with Crippen LogP contribution in [-0.4, -0.2) is 129 Å². The highest BCUT2D eigenvalue weighted by Crippen LogP contribution is 2.28. The van der Waals surface area contributed by atoms with Gasteiger partial charge in [-0.15, -0.1) is 0 Å². The summed E-state index contributed by atoms with van der Waals surface area (Å²) in [5.41, 5.74) is 6.42. The van der Waals surface area contributed by atoms with Crippen LogP contribution in [-0.2, 0) is 14.2 Å².